The van der Waals surface area contributed by atoms with Crippen LogP contribution in [0.3, 0.4) is 0 Å². The van der Waals surface area contributed by atoms with Gasteiger partial charge in [0.25, 0.3) is 0 Å². The molecule has 0 heterocycles. The van der Waals surface area contributed by atoms with E-state index in [1.54, 1.807) is 0 Å². The number of carbonyl (C=O) groups is 2. The Morgan fingerprint density at radius 2 is 1.28 bits per heavy atom. The lowest BCUT2D eigenvalue weighted by atomic mass is 9.87. The fourth-order valence-electron chi connectivity index (χ4n) is 2.96. The summed E-state index contributed by atoms with van der Waals surface area (Å²) in [6, 6.07) is 23.6. The van der Waals surface area contributed by atoms with Crippen molar-refractivity contribution in [3.63, 3.8) is 0 Å². The van der Waals surface area contributed by atoms with E-state index in [0.29, 0.717) is 12.0 Å². The number of benzene rings is 3. The topological polar surface area (TPSA) is 66.4 Å². The van der Waals surface area contributed by atoms with Crippen LogP contribution in [0.5, 0.6) is 0 Å². The smallest absolute Gasteiger partial charge is 0.330 e. The number of nitrogens with one attached hydrogen (secondary N) is 1. The molecule has 0 saturated heterocycles. The van der Waals surface area contributed by atoms with Crippen molar-refractivity contribution in [3.05, 3.63) is 84.4 Å². The van der Waals surface area contributed by atoms with Crippen LogP contribution in [0.25, 0.3) is 22.3 Å². The van der Waals surface area contributed by atoms with E-state index in [-0.39, 0.29) is 0 Å². The number of carbonyl (C=O) groups excluding carboxylic acids is 1. The van der Waals surface area contributed by atoms with Crippen molar-refractivity contribution in [1.29, 1.82) is 0 Å². The standard InChI is InChI=1S/C21H17NO3/c23-14-22-20(21(24)25)19-17(15-8-3-1-4-9-15)12-7-13-18(19)16-10-5-2-6-11-16/h1-14,20H,(H,22,23)(H,24,25). The number of amides is 1. The van der Waals surface area contributed by atoms with Gasteiger partial charge >= 0.3 is 5.97 Å². The van der Waals surface area contributed by atoms with Gasteiger partial charge in [0.15, 0.2) is 6.04 Å². The van der Waals surface area contributed by atoms with Gasteiger partial charge in [-0.05, 0) is 22.3 Å². The minimum atomic E-state index is -1.14. The third kappa shape index (κ3) is 3.43. The summed E-state index contributed by atoms with van der Waals surface area (Å²) in [5.41, 5.74) is 3.93. The molecule has 1 atom stereocenters. The van der Waals surface area contributed by atoms with Crippen LogP contribution in [0.1, 0.15) is 11.6 Å². The summed E-state index contributed by atoms with van der Waals surface area (Å²) < 4.78 is 0. The maximum Gasteiger partial charge on any atom is 0.330 e. The van der Waals surface area contributed by atoms with Gasteiger partial charge in [-0.1, -0.05) is 78.9 Å². The summed E-state index contributed by atoms with van der Waals surface area (Å²) in [5, 5.41) is 12.1. The molecule has 0 radical (unpaired) electrons. The molecule has 4 heteroatoms. The molecule has 0 saturated carbocycles. The second-order valence-corrected chi connectivity index (χ2v) is 5.55. The fraction of sp³-hybridized carbons (Fsp3) is 0.0476. The summed E-state index contributed by atoms with van der Waals surface area (Å²) in [6.07, 6.45) is 0.426. The molecule has 2 N–H and O–H groups in total. The number of rotatable bonds is 6. The zero-order valence-electron chi connectivity index (χ0n) is 13.4. The second kappa shape index (κ2) is 7.45. The van der Waals surface area contributed by atoms with E-state index in [2.05, 4.69) is 5.32 Å². The van der Waals surface area contributed by atoms with Gasteiger partial charge in [-0.3, -0.25) is 4.79 Å². The van der Waals surface area contributed by atoms with Gasteiger partial charge in [-0.2, -0.15) is 0 Å². The highest BCUT2D eigenvalue weighted by molar-refractivity contribution is 5.88. The van der Waals surface area contributed by atoms with Gasteiger partial charge in [0.05, 0.1) is 0 Å². The number of carboxylic acid groups (broad SMARTS) is 1. The number of hydrogen-bond donors (Lipinski definition) is 2. The van der Waals surface area contributed by atoms with Crippen molar-refractivity contribution in [2.75, 3.05) is 0 Å². The third-order valence-electron chi connectivity index (χ3n) is 4.05. The van der Waals surface area contributed by atoms with Crippen LogP contribution in [-0.2, 0) is 9.59 Å². The van der Waals surface area contributed by atoms with Gasteiger partial charge in [0.2, 0.25) is 6.41 Å². The molecule has 0 fully saturated rings. The molecule has 3 aromatic rings. The van der Waals surface area contributed by atoms with Crippen molar-refractivity contribution in [1.82, 2.24) is 5.32 Å². The first-order valence-corrected chi connectivity index (χ1v) is 7.88. The van der Waals surface area contributed by atoms with E-state index >= 15 is 0 Å². The molecule has 3 rings (SSSR count). The maximum absolute atomic E-state index is 11.8. The predicted molar refractivity (Wildman–Crippen MR) is 96.9 cm³/mol. The van der Waals surface area contributed by atoms with Crippen LogP contribution >= 0.6 is 0 Å². The van der Waals surface area contributed by atoms with Crippen LogP contribution in [0, 0.1) is 0 Å². The van der Waals surface area contributed by atoms with E-state index in [0.717, 1.165) is 22.3 Å². The van der Waals surface area contributed by atoms with E-state index in [4.69, 9.17) is 0 Å². The molecular weight excluding hydrogens is 314 g/mol. The van der Waals surface area contributed by atoms with Crippen LogP contribution < -0.4 is 5.32 Å². The molecule has 25 heavy (non-hydrogen) atoms. The lowest BCUT2D eigenvalue weighted by Crippen LogP contribution is -2.28. The Kier molecular flexibility index (Phi) is 4.90. The lowest BCUT2D eigenvalue weighted by molar-refractivity contribution is -0.140. The average molecular weight is 331 g/mol. The summed E-state index contributed by atoms with van der Waals surface area (Å²) in [4.78, 5) is 22.8. The Balaban J connectivity index is 2.29. The first kappa shape index (κ1) is 16.5. The van der Waals surface area contributed by atoms with Crippen molar-refractivity contribution in [2.45, 2.75) is 6.04 Å². The van der Waals surface area contributed by atoms with Gasteiger partial charge in [0, 0.05) is 5.56 Å². The van der Waals surface area contributed by atoms with E-state index in [9.17, 15) is 14.7 Å². The summed E-state index contributed by atoms with van der Waals surface area (Å²) >= 11 is 0. The Bertz CT molecular complexity index is 818. The molecule has 1 amide bonds. The monoisotopic (exact) mass is 331 g/mol. The lowest BCUT2D eigenvalue weighted by Gasteiger charge is -2.21. The normalized spacial score (nSPS) is 11.5. The van der Waals surface area contributed by atoms with Crippen molar-refractivity contribution in [2.24, 2.45) is 0 Å². The van der Waals surface area contributed by atoms with Gasteiger partial charge in [-0.25, -0.2) is 4.79 Å². The Hall–Kier alpha value is -3.40. The molecule has 0 aliphatic heterocycles. The molecule has 1 unspecified atom stereocenters. The zero-order valence-corrected chi connectivity index (χ0v) is 13.4. The minimum Gasteiger partial charge on any atom is -0.479 e. The summed E-state index contributed by atoms with van der Waals surface area (Å²) in [6.45, 7) is 0. The minimum absolute atomic E-state index is 0.426. The Morgan fingerprint density at radius 3 is 1.68 bits per heavy atom. The Morgan fingerprint density at radius 1 is 0.800 bits per heavy atom. The van der Waals surface area contributed by atoms with E-state index in [1.807, 2.05) is 78.9 Å². The van der Waals surface area contributed by atoms with Crippen molar-refractivity contribution in [3.8, 4) is 22.3 Å². The third-order valence-corrected chi connectivity index (χ3v) is 4.05. The van der Waals surface area contributed by atoms with Crippen LogP contribution in [0.2, 0.25) is 0 Å². The molecule has 0 aromatic heterocycles. The van der Waals surface area contributed by atoms with Crippen molar-refractivity contribution >= 4 is 12.4 Å². The van der Waals surface area contributed by atoms with Crippen LogP contribution in [0.15, 0.2) is 78.9 Å². The molecule has 0 spiro atoms. The SMILES string of the molecule is O=CNC(C(=O)O)c1c(-c2ccccc2)cccc1-c1ccccc1. The van der Waals surface area contributed by atoms with Gasteiger partial charge in [0.1, 0.15) is 0 Å². The van der Waals surface area contributed by atoms with Crippen LogP contribution in [0.4, 0.5) is 0 Å². The molecular formula is C21H17NO3. The molecule has 0 bridgehead atoms. The largest absolute Gasteiger partial charge is 0.479 e. The number of aliphatic carboxylic acids is 1. The van der Waals surface area contributed by atoms with E-state index in [1.165, 1.54) is 0 Å². The molecule has 0 aliphatic carbocycles. The van der Waals surface area contributed by atoms with Crippen molar-refractivity contribution < 1.29 is 14.7 Å². The number of hydrogen-bond acceptors (Lipinski definition) is 2. The highest BCUT2D eigenvalue weighted by Gasteiger charge is 2.26. The van der Waals surface area contributed by atoms with Gasteiger partial charge < -0.3 is 10.4 Å². The molecule has 4 nitrogen and oxygen atoms in total. The summed E-state index contributed by atoms with van der Waals surface area (Å²) in [5.74, 6) is -1.10. The summed E-state index contributed by atoms with van der Waals surface area (Å²) in [7, 11) is 0. The predicted octanol–water partition coefficient (Wildman–Crippen LogP) is 3.89. The quantitative estimate of drug-likeness (QED) is 0.673. The molecule has 3 aromatic carbocycles. The average Bonchev–Trinajstić information content (AvgIpc) is 2.67. The zero-order chi connectivity index (χ0) is 17.6. The Labute approximate surface area is 145 Å². The molecule has 124 valence electrons. The first-order valence-electron chi connectivity index (χ1n) is 7.88. The number of carboxylic acids is 1. The van der Waals surface area contributed by atoms with E-state index < -0.39 is 12.0 Å². The fourth-order valence-corrected chi connectivity index (χ4v) is 2.96. The molecule has 0 aliphatic rings. The second-order valence-electron chi connectivity index (χ2n) is 5.55. The first-order chi connectivity index (χ1) is 12.2. The van der Waals surface area contributed by atoms with Crippen LogP contribution in [-0.4, -0.2) is 17.5 Å². The maximum atomic E-state index is 11.8. The highest BCUT2D eigenvalue weighted by atomic mass is 16.4. The van der Waals surface area contributed by atoms with Gasteiger partial charge in [-0.15, -0.1) is 0 Å². The highest BCUT2D eigenvalue weighted by Crippen LogP contribution is 2.36.